The van der Waals surface area contributed by atoms with Gasteiger partial charge >= 0.3 is 5.97 Å². The molecule has 0 bridgehead atoms. The minimum absolute atomic E-state index is 0.0272. The van der Waals surface area contributed by atoms with E-state index < -0.39 is 17.9 Å². The van der Waals surface area contributed by atoms with Crippen LogP contribution in [0.5, 0.6) is 28.7 Å². The molecule has 3 aliphatic heterocycles. The number of esters is 1. The topological polar surface area (TPSA) is 102 Å². The first-order valence-corrected chi connectivity index (χ1v) is 15.7. The summed E-state index contributed by atoms with van der Waals surface area (Å²) in [6.07, 6.45) is 0.217. The van der Waals surface area contributed by atoms with Crippen LogP contribution in [0.25, 0.3) is 0 Å². The summed E-state index contributed by atoms with van der Waals surface area (Å²) >= 11 is 7.63. The zero-order chi connectivity index (χ0) is 30.5. The van der Waals surface area contributed by atoms with Gasteiger partial charge in [-0.25, -0.2) is 0 Å². The van der Waals surface area contributed by atoms with E-state index in [2.05, 4.69) is 0 Å². The Balaban J connectivity index is 1.29. The minimum atomic E-state index is -0.533. The first-order valence-electron chi connectivity index (χ1n) is 14.3. The number of hydrogen-bond donors (Lipinski definition) is 0. The predicted molar refractivity (Wildman–Crippen MR) is 165 cm³/mol. The van der Waals surface area contributed by atoms with E-state index in [4.69, 9.17) is 45.0 Å². The molecule has 1 unspecified atom stereocenters. The second-order valence-electron chi connectivity index (χ2n) is 11.1. The van der Waals surface area contributed by atoms with Gasteiger partial charge in [0.05, 0.1) is 38.9 Å². The van der Waals surface area contributed by atoms with Gasteiger partial charge in [0.2, 0.25) is 12.5 Å². The fourth-order valence-electron chi connectivity index (χ4n) is 6.86. The van der Waals surface area contributed by atoms with E-state index in [1.54, 1.807) is 33.1 Å². The lowest BCUT2D eigenvalue weighted by Gasteiger charge is -2.39. The molecular formula is C33H30ClNO8S. The molecule has 44 heavy (non-hydrogen) atoms. The highest BCUT2D eigenvalue weighted by Gasteiger charge is 2.53. The van der Waals surface area contributed by atoms with E-state index in [1.807, 2.05) is 48.5 Å². The lowest BCUT2D eigenvalue weighted by molar-refractivity contribution is -0.141. The number of hydrogen-bond acceptors (Lipinski definition) is 10. The third kappa shape index (κ3) is 4.84. The van der Waals surface area contributed by atoms with E-state index >= 15 is 0 Å². The minimum Gasteiger partial charge on any atom is -0.493 e. The lowest BCUT2D eigenvalue weighted by Crippen LogP contribution is -2.36. The van der Waals surface area contributed by atoms with Gasteiger partial charge in [0.1, 0.15) is 6.04 Å². The monoisotopic (exact) mass is 635 g/mol. The van der Waals surface area contributed by atoms with Crippen molar-refractivity contribution in [2.24, 2.45) is 16.8 Å². The predicted octanol–water partition coefficient (Wildman–Crippen LogP) is 5.63. The van der Waals surface area contributed by atoms with Gasteiger partial charge in [0.15, 0.2) is 28.8 Å². The molecule has 0 spiro atoms. The molecule has 228 valence electrons. The highest BCUT2D eigenvalue weighted by Crippen LogP contribution is 2.57. The summed E-state index contributed by atoms with van der Waals surface area (Å²) in [5, 5.41) is 1.47. The van der Waals surface area contributed by atoms with Crippen molar-refractivity contribution in [3.8, 4) is 28.7 Å². The van der Waals surface area contributed by atoms with Crippen molar-refractivity contribution >= 4 is 40.2 Å². The maximum absolute atomic E-state index is 13.9. The van der Waals surface area contributed by atoms with E-state index in [0.29, 0.717) is 39.5 Å². The summed E-state index contributed by atoms with van der Waals surface area (Å²) in [5.74, 6) is 1.48. The van der Waals surface area contributed by atoms with E-state index in [-0.39, 0.29) is 43.4 Å². The summed E-state index contributed by atoms with van der Waals surface area (Å²) < 4.78 is 34.1. The molecule has 0 radical (unpaired) electrons. The van der Waals surface area contributed by atoms with Crippen LogP contribution in [-0.2, 0) is 14.3 Å². The number of carbonyl (C=O) groups is 2. The van der Waals surface area contributed by atoms with Crippen LogP contribution in [0.3, 0.4) is 0 Å². The Morgan fingerprint density at radius 3 is 2.30 bits per heavy atom. The number of fused-ring (bicyclic) bond motifs is 3. The zero-order valence-corrected chi connectivity index (χ0v) is 25.9. The second-order valence-corrected chi connectivity index (χ2v) is 12.6. The van der Waals surface area contributed by atoms with Gasteiger partial charge in [0, 0.05) is 34.6 Å². The zero-order valence-electron chi connectivity index (χ0n) is 24.3. The fourth-order valence-corrected chi connectivity index (χ4v) is 8.07. The van der Waals surface area contributed by atoms with Gasteiger partial charge in [-0.3, -0.25) is 14.6 Å². The van der Waals surface area contributed by atoms with Crippen LogP contribution in [0.4, 0.5) is 0 Å². The van der Waals surface area contributed by atoms with Gasteiger partial charge in [-0.2, -0.15) is 0 Å². The van der Waals surface area contributed by atoms with Gasteiger partial charge in [0.25, 0.3) is 0 Å². The average molecular weight is 636 g/mol. The average Bonchev–Trinajstić information content (AvgIpc) is 3.80. The van der Waals surface area contributed by atoms with Crippen LogP contribution in [0.2, 0.25) is 5.02 Å². The smallest absolute Gasteiger partial charge is 0.310 e. The highest BCUT2D eigenvalue weighted by atomic mass is 35.5. The third-order valence-corrected chi connectivity index (χ3v) is 10.3. The maximum Gasteiger partial charge on any atom is 0.310 e. The molecule has 0 N–H and O–H groups in total. The van der Waals surface area contributed by atoms with Crippen LogP contribution in [0.15, 0.2) is 53.5 Å². The summed E-state index contributed by atoms with van der Waals surface area (Å²) in [4.78, 5) is 32.2. The summed E-state index contributed by atoms with van der Waals surface area (Å²) in [5.41, 5.74) is 3.57. The second kappa shape index (κ2) is 11.6. The van der Waals surface area contributed by atoms with E-state index in [1.165, 1.54) is 0 Å². The summed E-state index contributed by atoms with van der Waals surface area (Å²) in [6.45, 7) is 0.321. The van der Waals surface area contributed by atoms with Crippen LogP contribution in [0.1, 0.15) is 40.5 Å². The SMILES string of the molecule is COc1cc([C@@H]2c3cc4c(cc3[C@H](CC(=O)C3CSC(c5ccc(Cl)cc5)=N3)[C@H]3COC(=O)[C@H]23)OCO4)cc(OC)c1OC. The van der Waals surface area contributed by atoms with Crippen molar-refractivity contribution in [3.05, 3.63) is 75.8 Å². The molecule has 1 saturated heterocycles. The van der Waals surface area contributed by atoms with Crippen molar-refractivity contribution in [1.29, 1.82) is 0 Å². The van der Waals surface area contributed by atoms with Crippen molar-refractivity contribution in [1.82, 2.24) is 0 Å². The number of ether oxygens (including phenoxy) is 6. The molecule has 3 aromatic rings. The number of methoxy groups -OCH3 is 3. The summed E-state index contributed by atoms with van der Waals surface area (Å²) in [6, 6.07) is 14.6. The molecule has 11 heteroatoms. The molecule has 9 nitrogen and oxygen atoms in total. The molecule has 4 aliphatic rings. The molecule has 0 aromatic heterocycles. The quantitative estimate of drug-likeness (QED) is 0.291. The Kier molecular flexibility index (Phi) is 7.58. The summed E-state index contributed by atoms with van der Waals surface area (Å²) in [7, 11) is 4.67. The van der Waals surface area contributed by atoms with Gasteiger partial charge in [-0.15, -0.1) is 11.8 Å². The number of rotatable bonds is 8. The van der Waals surface area contributed by atoms with Crippen molar-refractivity contribution < 1.29 is 38.0 Å². The van der Waals surface area contributed by atoms with Gasteiger partial charge in [-0.05, 0) is 59.0 Å². The van der Waals surface area contributed by atoms with Crippen LogP contribution < -0.4 is 23.7 Å². The molecule has 0 saturated carbocycles. The van der Waals surface area contributed by atoms with Crippen molar-refractivity contribution in [2.75, 3.05) is 40.5 Å². The highest BCUT2D eigenvalue weighted by molar-refractivity contribution is 8.14. The number of carbonyl (C=O) groups excluding carboxylic acids is 2. The Morgan fingerprint density at radius 2 is 1.64 bits per heavy atom. The van der Waals surface area contributed by atoms with Crippen molar-refractivity contribution in [2.45, 2.75) is 24.3 Å². The number of Topliss-reactive ketones (excluding diaryl/α,β-unsaturated/α-hetero) is 1. The Bertz CT molecular complexity index is 1650. The van der Waals surface area contributed by atoms with Crippen LogP contribution in [-0.4, -0.2) is 63.3 Å². The molecule has 1 aliphatic carbocycles. The third-order valence-electron chi connectivity index (χ3n) is 8.92. The standard InChI is InChI=1S/C33H30ClNO8S/c1-38-27-8-17(9-28(39-2)31(27)40-3)29-21-12-26-25(42-15-43-26)11-20(21)19(22-13-41-33(37)30(22)29)10-24(36)23-14-44-32(35-23)16-4-6-18(34)7-5-16/h4-9,11-12,19,22-23,29-30H,10,13-15H2,1-3H3/t19-,22+,23?,29+,30-/m0/s1. The number of thioether (sulfide) groups is 1. The lowest BCUT2D eigenvalue weighted by atomic mass is 9.61. The van der Waals surface area contributed by atoms with E-state index in [0.717, 1.165) is 27.3 Å². The van der Waals surface area contributed by atoms with Gasteiger partial charge < -0.3 is 28.4 Å². The number of halogens is 1. The largest absolute Gasteiger partial charge is 0.493 e. The fraction of sp³-hybridized carbons (Fsp3) is 0.364. The number of cyclic esters (lactones) is 1. The molecular weight excluding hydrogens is 606 g/mol. The molecule has 5 atom stereocenters. The first-order chi connectivity index (χ1) is 21.4. The normalized spacial score (nSPS) is 24.7. The van der Waals surface area contributed by atoms with Crippen LogP contribution in [0, 0.1) is 11.8 Å². The molecule has 1 fully saturated rings. The Labute approximate surface area is 263 Å². The van der Waals surface area contributed by atoms with Crippen molar-refractivity contribution in [3.63, 3.8) is 0 Å². The number of ketones is 1. The number of aliphatic imine (C=N–C) groups is 1. The number of benzene rings is 3. The molecule has 0 amide bonds. The van der Waals surface area contributed by atoms with Gasteiger partial charge in [-0.1, -0.05) is 23.7 Å². The van der Waals surface area contributed by atoms with Crippen LogP contribution >= 0.6 is 23.4 Å². The van der Waals surface area contributed by atoms with E-state index in [9.17, 15) is 9.59 Å². The molecule has 7 rings (SSSR count). The number of nitrogens with zero attached hydrogens (tertiary/aromatic N) is 1. The molecule has 3 aromatic carbocycles. The maximum atomic E-state index is 13.9. The molecule has 3 heterocycles. The Morgan fingerprint density at radius 1 is 0.955 bits per heavy atom. The first kappa shape index (κ1) is 28.9. The Hall–Kier alpha value is -3.89.